The van der Waals surface area contributed by atoms with Gasteiger partial charge in [-0.15, -0.1) is 6.58 Å². The number of carbonyl (C=O) groups is 3. The minimum Gasteiger partial charge on any atom is -0.480 e. The molecule has 7 heteroatoms. The maximum absolute atomic E-state index is 13.0. The lowest BCUT2D eigenvalue weighted by molar-refractivity contribution is -0.142. The molecule has 7 nitrogen and oxygen atoms in total. The van der Waals surface area contributed by atoms with Crippen molar-refractivity contribution in [1.82, 2.24) is 10.2 Å². The number of nitrogens with one attached hydrogen (secondary N) is 1. The van der Waals surface area contributed by atoms with Crippen molar-refractivity contribution in [2.75, 3.05) is 0 Å². The van der Waals surface area contributed by atoms with Gasteiger partial charge in [-0.05, 0) is 30.0 Å². The normalized spacial score (nSPS) is 16.0. The van der Waals surface area contributed by atoms with Crippen LogP contribution in [-0.4, -0.2) is 40.1 Å². The average Bonchev–Trinajstić information content (AvgIpc) is 2.76. The summed E-state index contributed by atoms with van der Waals surface area (Å²) < 4.78 is 5.46. The third-order valence-electron chi connectivity index (χ3n) is 5.16. The number of aliphatic carboxylic acids is 1. The first kappa shape index (κ1) is 22.1. The van der Waals surface area contributed by atoms with Crippen molar-refractivity contribution in [3.63, 3.8) is 0 Å². The van der Waals surface area contributed by atoms with Crippen LogP contribution < -0.4 is 5.32 Å². The van der Waals surface area contributed by atoms with Crippen LogP contribution in [0.2, 0.25) is 0 Å². The number of fused-ring (bicyclic) bond motifs is 1. The Bertz CT molecular complexity index is 973. The predicted octanol–water partition coefficient (Wildman–Crippen LogP) is 3.29. The van der Waals surface area contributed by atoms with Gasteiger partial charge < -0.3 is 15.2 Å². The van der Waals surface area contributed by atoms with Crippen LogP contribution in [0.1, 0.15) is 30.0 Å². The quantitative estimate of drug-likeness (QED) is 0.668. The van der Waals surface area contributed by atoms with Gasteiger partial charge in [0, 0.05) is 6.42 Å². The lowest BCUT2D eigenvalue weighted by atomic mass is 9.93. The molecule has 162 valence electrons. The van der Waals surface area contributed by atoms with Crippen molar-refractivity contribution in [2.24, 2.45) is 0 Å². The lowest BCUT2D eigenvalue weighted by Crippen LogP contribution is -2.55. The van der Waals surface area contributed by atoms with Crippen LogP contribution in [0, 0.1) is 0 Å². The van der Waals surface area contributed by atoms with Crippen molar-refractivity contribution >= 4 is 18.0 Å². The fourth-order valence-electron chi connectivity index (χ4n) is 3.57. The number of carbonyl (C=O) groups excluding carboxylic acids is 2. The van der Waals surface area contributed by atoms with E-state index in [4.69, 9.17) is 4.74 Å². The summed E-state index contributed by atoms with van der Waals surface area (Å²) in [6, 6.07) is 14.8. The summed E-state index contributed by atoms with van der Waals surface area (Å²) in [5.74, 6) is -1.68. The van der Waals surface area contributed by atoms with E-state index in [2.05, 4.69) is 11.9 Å². The van der Waals surface area contributed by atoms with Gasteiger partial charge in [-0.25, -0.2) is 9.59 Å². The van der Waals surface area contributed by atoms with Gasteiger partial charge in [0.1, 0.15) is 18.7 Å². The molecular formula is C24H26N2O5. The molecule has 2 aromatic carbocycles. The minimum atomic E-state index is -1.15. The molecule has 1 heterocycles. The van der Waals surface area contributed by atoms with E-state index in [1.807, 2.05) is 54.6 Å². The third kappa shape index (κ3) is 5.72. The van der Waals surface area contributed by atoms with Gasteiger partial charge in [-0.2, -0.15) is 0 Å². The van der Waals surface area contributed by atoms with Crippen LogP contribution in [0.15, 0.2) is 66.7 Å². The molecule has 0 spiro atoms. The Labute approximate surface area is 181 Å². The summed E-state index contributed by atoms with van der Waals surface area (Å²) >= 11 is 0. The summed E-state index contributed by atoms with van der Waals surface area (Å²) in [5.41, 5.74) is 3.35. The van der Waals surface area contributed by atoms with Crippen molar-refractivity contribution in [3.8, 4) is 0 Å². The molecule has 0 aromatic heterocycles. The molecule has 31 heavy (non-hydrogen) atoms. The Morgan fingerprint density at radius 1 is 1.13 bits per heavy atom. The van der Waals surface area contributed by atoms with Crippen molar-refractivity contribution in [3.05, 3.63) is 83.4 Å². The van der Waals surface area contributed by atoms with Crippen LogP contribution in [-0.2, 0) is 33.9 Å². The van der Waals surface area contributed by atoms with E-state index in [1.54, 1.807) is 6.92 Å². The minimum absolute atomic E-state index is 0.0829. The molecule has 0 radical (unpaired) electrons. The molecule has 0 bridgehead atoms. The van der Waals surface area contributed by atoms with E-state index in [0.29, 0.717) is 5.57 Å². The van der Waals surface area contributed by atoms with E-state index >= 15 is 0 Å². The Morgan fingerprint density at radius 3 is 2.42 bits per heavy atom. The molecule has 0 saturated heterocycles. The molecule has 0 fully saturated rings. The number of hydrogen-bond donors (Lipinski definition) is 2. The number of carboxylic acid groups (broad SMARTS) is 1. The number of hydrogen-bond acceptors (Lipinski definition) is 4. The molecule has 3 rings (SSSR count). The first-order valence-corrected chi connectivity index (χ1v) is 10.1. The Kier molecular flexibility index (Phi) is 7.07. The first-order chi connectivity index (χ1) is 14.8. The van der Waals surface area contributed by atoms with Gasteiger partial charge in [0.25, 0.3) is 0 Å². The number of rotatable bonds is 7. The highest BCUT2D eigenvalue weighted by atomic mass is 16.6. The van der Waals surface area contributed by atoms with Gasteiger partial charge in [-0.3, -0.25) is 9.69 Å². The second-order valence-corrected chi connectivity index (χ2v) is 7.72. The second kappa shape index (κ2) is 9.93. The Hall–Kier alpha value is -3.61. The Morgan fingerprint density at radius 2 is 1.77 bits per heavy atom. The third-order valence-corrected chi connectivity index (χ3v) is 5.16. The monoisotopic (exact) mass is 422 g/mol. The molecule has 0 aliphatic carbocycles. The molecule has 1 aliphatic rings. The molecule has 0 saturated carbocycles. The summed E-state index contributed by atoms with van der Waals surface area (Å²) in [5, 5.41) is 12.0. The summed E-state index contributed by atoms with van der Waals surface area (Å²) in [6.07, 6.45) is -0.227. The van der Waals surface area contributed by atoms with Crippen LogP contribution in [0.5, 0.6) is 0 Å². The van der Waals surface area contributed by atoms with Crippen LogP contribution >= 0.6 is 0 Å². The number of ether oxygens (including phenoxy) is 1. The standard InChI is InChI=1S/C24H26N2O5/c1-16(2)12-20(23(28)29)25-22(27)21-13-18-10-6-7-11-19(18)14-26(21)24(30)31-15-17-8-4-3-5-9-17/h3-11,20-21H,1,12-15H2,2H3,(H,25,27)(H,28,29)/t20-,21-/m0/s1. The van der Waals surface area contributed by atoms with E-state index in [9.17, 15) is 19.5 Å². The zero-order valence-corrected chi connectivity index (χ0v) is 17.4. The van der Waals surface area contributed by atoms with Crippen molar-refractivity contribution < 1.29 is 24.2 Å². The molecule has 2 aromatic rings. The molecule has 0 unspecified atom stereocenters. The number of amides is 2. The van der Waals surface area contributed by atoms with E-state index in [-0.39, 0.29) is 26.0 Å². The largest absolute Gasteiger partial charge is 0.480 e. The van der Waals surface area contributed by atoms with E-state index in [0.717, 1.165) is 16.7 Å². The van der Waals surface area contributed by atoms with E-state index < -0.39 is 30.1 Å². The van der Waals surface area contributed by atoms with E-state index in [1.165, 1.54) is 4.90 Å². The SMILES string of the molecule is C=C(C)C[C@H](NC(=O)[C@@H]1Cc2ccccc2CN1C(=O)OCc1ccccc1)C(=O)O. The van der Waals surface area contributed by atoms with Gasteiger partial charge in [-0.1, -0.05) is 60.2 Å². The number of carboxylic acids is 1. The summed E-state index contributed by atoms with van der Waals surface area (Å²) in [7, 11) is 0. The van der Waals surface area contributed by atoms with Crippen LogP contribution in [0.3, 0.4) is 0 Å². The molecule has 2 amide bonds. The first-order valence-electron chi connectivity index (χ1n) is 10.1. The van der Waals surface area contributed by atoms with Crippen molar-refractivity contribution in [1.29, 1.82) is 0 Å². The summed E-state index contributed by atoms with van der Waals surface area (Å²) in [6.45, 7) is 5.72. The molecule has 2 atom stereocenters. The molecule has 1 aliphatic heterocycles. The predicted molar refractivity (Wildman–Crippen MR) is 115 cm³/mol. The fourth-order valence-corrected chi connectivity index (χ4v) is 3.57. The number of benzene rings is 2. The smallest absolute Gasteiger partial charge is 0.411 e. The maximum Gasteiger partial charge on any atom is 0.411 e. The zero-order chi connectivity index (χ0) is 22.4. The highest BCUT2D eigenvalue weighted by Gasteiger charge is 2.37. The van der Waals surface area contributed by atoms with Gasteiger partial charge in [0.15, 0.2) is 0 Å². The fraction of sp³-hybridized carbons (Fsp3) is 0.292. The van der Waals surface area contributed by atoms with Crippen LogP contribution in [0.25, 0.3) is 0 Å². The van der Waals surface area contributed by atoms with Gasteiger partial charge in [0.05, 0.1) is 6.54 Å². The molecule has 2 N–H and O–H groups in total. The highest BCUT2D eigenvalue weighted by molar-refractivity contribution is 5.90. The highest BCUT2D eigenvalue weighted by Crippen LogP contribution is 2.25. The average molecular weight is 422 g/mol. The number of nitrogens with zero attached hydrogens (tertiary/aromatic N) is 1. The van der Waals surface area contributed by atoms with Gasteiger partial charge >= 0.3 is 12.1 Å². The second-order valence-electron chi connectivity index (χ2n) is 7.72. The Balaban J connectivity index is 1.78. The molecular weight excluding hydrogens is 396 g/mol. The maximum atomic E-state index is 13.0. The lowest BCUT2D eigenvalue weighted by Gasteiger charge is -2.35. The van der Waals surface area contributed by atoms with Crippen molar-refractivity contribution in [2.45, 2.75) is 45.0 Å². The summed E-state index contributed by atoms with van der Waals surface area (Å²) in [4.78, 5) is 38.9. The van der Waals surface area contributed by atoms with Crippen LogP contribution in [0.4, 0.5) is 4.79 Å². The zero-order valence-electron chi connectivity index (χ0n) is 17.4. The van der Waals surface area contributed by atoms with Gasteiger partial charge in [0.2, 0.25) is 5.91 Å². The topological polar surface area (TPSA) is 95.9 Å².